The van der Waals surface area contributed by atoms with Crippen LogP contribution in [0, 0.1) is 0 Å². The van der Waals surface area contributed by atoms with Crippen LogP contribution in [0.3, 0.4) is 0 Å². The first-order valence-electron chi connectivity index (χ1n) is 12.2. The minimum atomic E-state index is -5.94. The Labute approximate surface area is 247 Å². The first-order chi connectivity index (χ1) is 19.1. The van der Waals surface area contributed by atoms with Gasteiger partial charge in [0.2, 0.25) is 11.8 Å². The highest BCUT2D eigenvalue weighted by Crippen LogP contribution is 2.50. The van der Waals surface area contributed by atoms with Crippen molar-refractivity contribution in [2.75, 3.05) is 10.2 Å². The molecule has 13 heteroatoms. The SMILES string of the molecule is O=C1CCc2cc(Br)ccc2N1.O=C1CCc2cc(Br)ccc2N1Cc1ccc(C(O)(C(F)(F)F)C(F)(F)F)cc1. The summed E-state index contributed by atoms with van der Waals surface area (Å²) in [7, 11) is 0. The monoisotopic (exact) mass is 706 g/mol. The van der Waals surface area contributed by atoms with E-state index in [1.165, 1.54) is 10.5 Å². The van der Waals surface area contributed by atoms with E-state index in [2.05, 4.69) is 43.2 Å². The molecule has 0 bridgehead atoms. The second kappa shape index (κ2) is 11.8. The number of benzene rings is 3. The summed E-state index contributed by atoms with van der Waals surface area (Å²) in [5, 5.41) is 12.3. The normalized spacial score (nSPS) is 15.4. The van der Waals surface area contributed by atoms with Crippen LogP contribution in [-0.4, -0.2) is 29.3 Å². The van der Waals surface area contributed by atoms with E-state index >= 15 is 0 Å². The van der Waals surface area contributed by atoms with Crippen LogP contribution in [0.5, 0.6) is 0 Å². The molecule has 2 heterocycles. The van der Waals surface area contributed by atoms with Crippen molar-refractivity contribution in [1.29, 1.82) is 0 Å². The molecule has 0 atom stereocenters. The number of rotatable bonds is 3. The molecule has 0 spiro atoms. The number of hydrogen-bond acceptors (Lipinski definition) is 3. The summed E-state index contributed by atoms with van der Waals surface area (Å²) in [6, 6.07) is 14.5. The van der Waals surface area contributed by atoms with Gasteiger partial charge in [0.1, 0.15) is 0 Å². The number of aliphatic hydroxyl groups is 1. The van der Waals surface area contributed by atoms with Gasteiger partial charge in [-0.2, -0.15) is 26.3 Å². The Hall–Kier alpha value is -2.90. The van der Waals surface area contributed by atoms with Crippen LogP contribution in [0.25, 0.3) is 0 Å². The number of halogens is 8. The van der Waals surface area contributed by atoms with Gasteiger partial charge in [-0.15, -0.1) is 0 Å². The molecule has 5 rings (SSSR count). The predicted octanol–water partition coefficient (Wildman–Crippen LogP) is 7.57. The number of aryl methyl sites for hydroxylation is 2. The van der Waals surface area contributed by atoms with Crippen LogP contribution in [0.15, 0.2) is 69.6 Å². The second-order valence-corrected chi connectivity index (χ2v) is 11.3. The number of hydrogen-bond donors (Lipinski definition) is 2. The van der Waals surface area contributed by atoms with E-state index in [-0.39, 0.29) is 24.8 Å². The lowest BCUT2D eigenvalue weighted by Crippen LogP contribution is -2.53. The van der Waals surface area contributed by atoms with Crippen molar-refractivity contribution in [3.63, 3.8) is 0 Å². The molecule has 2 aliphatic rings. The molecule has 3 aromatic rings. The highest BCUT2D eigenvalue weighted by atomic mass is 79.9. The smallest absolute Gasteiger partial charge is 0.369 e. The van der Waals surface area contributed by atoms with Crippen molar-refractivity contribution >= 4 is 55.0 Å². The lowest BCUT2D eigenvalue weighted by atomic mass is 9.91. The Morgan fingerprint density at radius 2 is 1.32 bits per heavy atom. The van der Waals surface area contributed by atoms with Gasteiger partial charge in [0.25, 0.3) is 5.60 Å². The van der Waals surface area contributed by atoms with Crippen molar-refractivity contribution in [1.82, 2.24) is 0 Å². The average molecular weight is 708 g/mol. The highest BCUT2D eigenvalue weighted by molar-refractivity contribution is 9.10. The molecule has 0 radical (unpaired) electrons. The standard InChI is InChI=1S/C19H14BrF6NO2.C9H8BrNO/c20-14-6-7-15-12(9-14)3-8-16(28)27(15)10-11-1-4-13(5-2-11)17(29,18(21,22)23)19(24,25)26;10-7-2-3-8-6(5-7)1-4-9(12)11-8/h1-2,4-7,9,29H,3,8,10H2;2-3,5H,1,4H2,(H,11,12). The van der Waals surface area contributed by atoms with E-state index in [9.17, 15) is 41.0 Å². The van der Waals surface area contributed by atoms with Crippen LogP contribution >= 0.6 is 31.9 Å². The van der Waals surface area contributed by atoms with Crippen molar-refractivity contribution in [3.8, 4) is 0 Å². The van der Waals surface area contributed by atoms with Crippen LogP contribution in [0.4, 0.5) is 37.7 Å². The van der Waals surface area contributed by atoms with E-state index in [1.807, 2.05) is 18.2 Å². The largest absolute Gasteiger partial charge is 0.430 e. The molecule has 2 N–H and O–H groups in total. The van der Waals surface area contributed by atoms with Gasteiger partial charge < -0.3 is 15.3 Å². The molecule has 3 aromatic carbocycles. The predicted molar refractivity (Wildman–Crippen MR) is 147 cm³/mol. The lowest BCUT2D eigenvalue weighted by Gasteiger charge is -2.33. The molecule has 0 saturated carbocycles. The third-order valence-electron chi connectivity index (χ3n) is 6.74. The van der Waals surface area contributed by atoms with Crippen LogP contribution < -0.4 is 10.2 Å². The Balaban J connectivity index is 0.000000267. The summed E-state index contributed by atoms with van der Waals surface area (Å²) in [6.45, 7) is -0.0236. The van der Waals surface area contributed by atoms with Crippen molar-refractivity contribution < 1.29 is 41.0 Å². The average Bonchev–Trinajstić information content (AvgIpc) is 2.89. The van der Waals surface area contributed by atoms with E-state index < -0.39 is 23.5 Å². The Morgan fingerprint density at radius 3 is 1.93 bits per heavy atom. The van der Waals surface area contributed by atoms with Crippen molar-refractivity contribution in [3.05, 3.63) is 91.9 Å². The minimum absolute atomic E-state index is 0.0236. The van der Waals surface area contributed by atoms with Gasteiger partial charge in [0.05, 0.1) is 6.54 Å². The van der Waals surface area contributed by atoms with Gasteiger partial charge in [-0.25, -0.2) is 0 Å². The fraction of sp³-hybridized carbons (Fsp3) is 0.286. The van der Waals surface area contributed by atoms with Crippen LogP contribution in [0.2, 0.25) is 0 Å². The van der Waals surface area contributed by atoms with E-state index in [0.717, 1.165) is 38.7 Å². The van der Waals surface area contributed by atoms with E-state index in [0.29, 0.717) is 36.2 Å². The summed E-state index contributed by atoms with van der Waals surface area (Å²) in [5.74, 6) is -0.0872. The summed E-state index contributed by atoms with van der Waals surface area (Å²) >= 11 is 6.73. The molecular formula is C28H22Br2F6N2O3. The molecule has 0 fully saturated rings. The number of fused-ring (bicyclic) bond motifs is 2. The quantitative estimate of drug-likeness (QED) is 0.276. The Bertz CT molecular complexity index is 1440. The van der Waals surface area contributed by atoms with Gasteiger partial charge in [0, 0.05) is 38.7 Å². The van der Waals surface area contributed by atoms with Crippen molar-refractivity contribution in [2.45, 2.75) is 50.2 Å². The third-order valence-corrected chi connectivity index (χ3v) is 7.72. The maximum atomic E-state index is 13.0. The van der Waals surface area contributed by atoms with Crippen LogP contribution in [0.1, 0.15) is 35.1 Å². The summed E-state index contributed by atoms with van der Waals surface area (Å²) < 4.78 is 79.8. The number of nitrogens with one attached hydrogen (secondary N) is 1. The number of carbonyl (C=O) groups is 2. The maximum Gasteiger partial charge on any atom is 0.430 e. The van der Waals surface area contributed by atoms with Crippen molar-refractivity contribution in [2.24, 2.45) is 0 Å². The lowest BCUT2D eigenvalue weighted by molar-refractivity contribution is -0.376. The molecule has 218 valence electrons. The molecule has 2 amide bonds. The van der Waals surface area contributed by atoms with E-state index in [4.69, 9.17) is 0 Å². The van der Waals surface area contributed by atoms with Gasteiger partial charge in [-0.1, -0.05) is 56.1 Å². The maximum absolute atomic E-state index is 13.0. The van der Waals surface area contributed by atoms with Gasteiger partial charge in [-0.3, -0.25) is 9.59 Å². The molecule has 41 heavy (non-hydrogen) atoms. The number of anilines is 2. The highest BCUT2D eigenvalue weighted by Gasteiger charge is 2.71. The van der Waals surface area contributed by atoms with Gasteiger partial charge in [-0.05, 0) is 65.9 Å². The third kappa shape index (κ3) is 6.62. The number of alkyl halides is 6. The second-order valence-electron chi connectivity index (χ2n) is 9.51. The zero-order valence-corrected chi connectivity index (χ0v) is 24.2. The summed E-state index contributed by atoms with van der Waals surface area (Å²) in [6.07, 6.45) is -9.66. The van der Waals surface area contributed by atoms with E-state index in [1.54, 1.807) is 12.1 Å². The number of amides is 2. The molecule has 0 aliphatic carbocycles. The van der Waals surface area contributed by atoms with Crippen LogP contribution in [-0.2, 0) is 34.6 Å². The zero-order chi connectivity index (χ0) is 30.2. The molecule has 0 unspecified atom stereocenters. The van der Waals surface area contributed by atoms with Gasteiger partial charge in [0.15, 0.2) is 0 Å². The number of carbonyl (C=O) groups excluding carboxylic acids is 2. The summed E-state index contributed by atoms with van der Waals surface area (Å²) in [5.41, 5.74) is -2.29. The molecule has 0 aromatic heterocycles. The molecule has 0 saturated heterocycles. The zero-order valence-electron chi connectivity index (χ0n) is 21.0. The molecular weight excluding hydrogens is 686 g/mol. The Kier molecular flexibility index (Phi) is 8.91. The Morgan fingerprint density at radius 1 is 0.756 bits per heavy atom. The minimum Gasteiger partial charge on any atom is -0.369 e. The molecule has 2 aliphatic heterocycles. The fourth-order valence-electron chi connectivity index (χ4n) is 4.58. The molecule has 5 nitrogen and oxygen atoms in total. The first kappa shape index (κ1) is 31.0. The van der Waals surface area contributed by atoms with Gasteiger partial charge >= 0.3 is 12.4 Å². The summed E-state index contributed by atoms with van der Waals surface area (Å²) in [4.78, 5) is 24.7. The fourth-order valence-corrected chi connectivity index (χ4v) is 5.39. The topological polar surface area (TPSA) is 69.6 Å². The number of nitrogens with zero attached hydrogens (tertiary/aromatic N) is 1. The first-order valence-corrected chi connectivity index (χ1v) is 13.8.